The number of benzene rings is 1. The van der Waals surface area contributed by atoms with E-state index in [0.29, 0.717) is 12.5 Å². The van der Waals surface area contributed by atoms with Gasteiger partial charge in [0.1, 0.15) is 0 Å². The van der Waals surface area contributed by atoms with E-state index in [1.54, 1.807) is 0 Å². The first-order valence-corrected chi connectivity index (χ1v) is 12.0. The van der Waals surface area contributed by atoms with Crippen molar-refractivity contribution >= 4 is 0 Å². The molecule has 1 N–H and O–H groups in total. The molecule has 0 amide bonds. The monoisotopic (exact) mass is 374 g/mol. The van der Waals surface area contributed by atoms with Crippen LogP contribution in [0, 0.1) is 0 Å². The van der Waals surface area contributed by atoms with Crippen LogP contribution in [0.4, 0.5) is 0 Å². The minimum absolute atomic E-state index is 0.304. The maximum atomic E-state index is 9.32. The van der Waals surface area contributed by atoms with Gasteiger partial charge in [-0.3, -0.25) is 0 Å². The van der Waals surface area contributed by atoms with Crippen LogP contribution in [-0.4, -0.2) is 11.7 Å². The summed E-state index contributed by atoms with van der Waals surface area (Å²) in [5, 5.41) is 9.32. The summed E-state index contributed by atoms with van der Waals surface area (Å²) in [6.07, 6.45) is 23.4. The molecule has 0 bridgehead atoms. The van der Waals surface area contributed by atoms with Crippen molar-refractivity contribution in [1.82, 2.24) is 0 Å². The quantitative estimate of drug-likeness (QED) is 0.241. The molecule has 1 rings (SSSR count). The van der Waals surface area contributed by atoms with Crippen LogP contribution in [0.25, 0.3) is 0 Å². The standard InChI is InChI=1S/C26H46O/c1-2-3-4-5-6-7-8-9-10-11-12-13-14-15-17-22-26(23-24-27)25-20-18-16-19-21-25/h16,18-21,26-27H,2-15,17,22-24H2,1H3. The lowest BCUT2D eigenvalue weighted by Crippen LogP contribution is -2.01. The van der Waals surface area contributed by atoms with Crippen molar-refractivity contribution in [2.45, 2.75) is 122 Å². The fourth-order valence-corrected chi connectivity index (χ4v) is 4.12. The Balaban J connectivity index is 1.88. The Morgan fingerprint density at radius 3 is 1.48 bits per heavy atom. The van der Waals surface area contributed by atoms with E-state index in [1.807, 2.05) is 0 Å². The summed E-state index contributed by atoms with van der Waals surface area (Å²) in [5.41, 5.74) is 1.40. The summed E-state index contributed by atoms with van der Waals surface area (Å²) >= 11 is 0. The summed E-state index contributed by atoms with van der Waals surface area (Å²) in [4.78, 5) is 0. The Hall–Kier alpha value is -0.820. The van der Waals surface area contributed by atoms with Crippen LogP contribution in [-0.2, 0) is 0 Å². The molecule has 0 aliphatic heterocycles. The van der Waals surface area contributed by atoms with E-state index < -0.39 is 0 Å². The van der Waals surface area contributed by atoms with Crippen LogP contribution >= 0.6 is 0 Å². The normalized spacial score (nSPS) is 12.4. The van der Waals surface area contributed by atoms with Gasteiger partial charge in [-0.25, -0.2) is 0 Å². The number of rotatable bonds is 19. The number of unbranched alkanes of at least 4 members (excludes halogenated alkanes) is 14. The van der Waals surface area contributed by atoms with Gasteiger partial charge < -0.3 is 5.11 Å². The van der Waals surface area contributed by atoms with Crippen LogP contribution in [0.15, 0.2) is 30.3 Å². The molecule has 0 spiro atoms. The van der Waals surface area contributed by atoms with E-state index in [0.717, 1.165) is 6.42 Å². The second kappa shape index (κ2) is 18.5. The third-order valence-corrected chi connectivity index (χ3v) is 5.90. The van der Waals surface area contributed by atoms with E-state index in [4.69, 9.17) is 0 Å². The lowest BCUT2D eigenvalue weighted by molar-refractivity contribution is 0.271. The number of aliphatic hydroxyl groups is 1. The van der Waals surface area contributed by atoms with Gasteiger partial charge in [0, 0.05) is 6.61 Å². The van der Waals surface area contributed by atoms with Gasteiger partial charge in [0.2, 0.25) is 0 Å². The number of aliphatic hydroxyl groups excluding tert-OH is 1. The molecule has 0 aliphatic rings. The minimum Gasteiger partial charge on any atom is -0.396 e. The molecule has 1 aromatic rings. The van der Waals surface area contributed by atoms with Crippen molar-refractivity contribution in [2.24, 2.45) is 0 Å². The summed E-state index contributed by atoms with van der Waals surface area (Å²) < 4.78 is 0. The Morgan fingerprint density at radius 2 is 1.04 bits per heavy atom. The summed E-state index contributed by atoms with van der Waals surface area (Å²) in [6, 6.07) is 10.7. The highest BCUT2D eigenvalue weighted by atomic mass is 16.3. The topological polar surface area (TPSA) is 20.2 Å². The molecule has 156 valence electrons. The Morgan fingerprint density at radius 1 is 0.593 bits per heavy atom. The third kappa shape index (κ3) is 13.9. The minimum atomic E-state index is 0.304. The van der Waals surface area contributed by atoms with Gasteiger partial charge in [0.15, 0.2) is 0 Å². The average Bonchev–Trinajstić information content (AvgIpc) is 2.70. The van der Waals surface area contributed by atoms with Crippen molar-refractivity contribution in [1.29, 1.82) is 0 Å². The average molecular weight is 375 g/mol. The van der Waals surface area contributed by atoms with Gasteiger partial charge in [-0.15, -0.1) is 0 Å². The van der Waals surface area contributed by atoms with Crippen molar-refractivity contribution in [3.63, 3.8) is 0 Å². The van der Waals surface area contributed by atoms with Crippen molar-refractivity contribution < 1.29 is 5.11 Å². The predicted molar refractivity (Wildman–Crippen MR) is 120 cm³/mol. The first kappa shape index (κ1) is 24.2. The Kier molecular flexibility index (Phi) is 16.6. The number of hydrogen-bond acceptors (Lipinski definition) is 1. The SMILES string of the molecule is CCCCCCCCCCCCCCCCCC(CCO)c1ccccc1. The lowest BCUT2D eigenvalue weighted by Gasteiger charge is -2.16. The Labute approximate surface area is 170 Å². The highest BCUT2D eigenvalue weighted by molar-refractivity contribution is 5.19. The zero-order valence-corrected chi connectivity index (χ0v) is 18.1. The van der Waals surface area contributed by atoms with Gasteiger partial charge in [-0.05, 0) is 24.3 Å². The van der Waals surface area contributed by atoms with E-state index in [1.165, 1.54) is 108 Å². The molecule has 0 fully saturated rings. The number of hydrogen-bond donors (Lipinski definition) is 1. The van der Waals surface area contributed by atoms with Gasteiger partial charge in [-0.1, -0.05) is 134 Å². The molecule has 1 unspecified atom stereocenters. The van der Waals surface area contributed by atoms with E-state index in [9.17, 15) is 5.11 Å². The molecular weight excluding hydrogens is 328 g/mol. The molecule has 0 aliphatic carbocycles. The predicted octanol–water partition coefficient (Wildman–Crippen LogP) is 8.41. The first-order chi connectivity index (χ1) is 13.4. The maximum absolute atomic E-state index is 9.32. The molecule has 1 aromatic carbocycles. The second-order valence-electron chi connectivity index (χ2n) is 8.36. The molecular formula is C26H46O. The van der Waals surface area contributed by atoms with Crippen LogP contribution < -0.4 is 0 Å². The summed E-state index contributed by atoms with van der Waals surface area (Å²) in [5.74, 6) is 0.540. The third-order valence-electron chi connectivity index (χ3n) is 5.90. The second-order valence-corrected chi connectivity index (χ2v) is 8.36. The molecule has 0 saturated heterocycles. The Bertz CT molecular complexity index is 400. The van der Waals surface area contributed by atoms with Crippen molar-refractivity contribution in [3.8, 4) is 0 Å². The summed E-state index contributed by atoms with van der Waals surface area (Å²) in [6.45, 7) is 2.59. The highest BCUT2D eigenvalue weighted by Gasteiger charge is 2.10. The lowest BCUT2D eigenvalue weighted by atomic mass is 9.90. The first-order valence-electron chi connectivity index (χ1n) is 12.0. The molecule has 0 heterocycles. The molecule has 0 saturated carbocycles. The largest absolute Gasteiger partial charge is 0.396 e. The zero-order valence-electron chi connectivity index (χ0n) is 18.1. The van der Waals surface area contributed by atoms with Crippen LogP contribution in [0.2, 0.25) is 0 Å². The van der Waals surface area contributed by atoms with Gasteiger partial charge in [0.25, 0.3) is 0 Å². The van der Waals surface area contributed by atoms with Crippen molar-refractivity contribution in [3.05, 3.63) is 35.9 Å². The summed E-state index contributed by atoms with van der Waals surface area (Å²) in [7, 11) is 0. The fraction of sp³-hybridized carbons (Fsp3) is 0.769. The van der Waals surface area contributed by atoms with Crippen LogP contribution in [0.3, 0.4) is 0 Å². The zero-order chi connectivity index (χ0) is 19.4. The highest BCUT2D eigenvalue weighted by Crippen LogP contribution is 2.26. The maximum Gasteiger partial charge on any atom is 0.0436 e. The van der Waals surface area contributed by atoms with Gasteiger partial charge >= 0.3 is 0 Å². The molecule has 1 nitrogen and oxygen atoms in total. The van der Waals surface area contributed by atoms with Crippen LogP contribution in [0.1, 0.15) is 128 Å². The fourth-order valence-electron chi connectivity index (χ4n) is 4.12. The molecule has 1 atom stereocenters. The van der Waals surface area contributed by atoms with E-state index in [2.05, 4.69) is 37.3 Å². The van der Waals surface area contributed by atoms with E-state index >= 15 is 0 Å². The molecule has 27 heavy (non-hydrogen) atoms. The molecule has 0 radical (unpaired) electrons. The van der Waals surface area contributed by atoms with Gasteiger partial charge in [-0.2, -0.15) is 0 Å². The van der Waals surface area contributed by atoms with Crippen molar-refractivity contribution in [2.75, 3.05) is 6.61 Å². The molecule has 0 aromatic heterocycles. The van der Waals surface area contributed by atoms with Crippen LogP contribution in [0.5, 0.6) is 0 Å². The van der Waals surface area contributed by atoms with Gasteiger partial charge in [0.05, 0.1) is 0 Å². The smallest absolute Gasteiger partial charge is 0.0436 e. The van der Waals surface area contributed by atoms with E-state index in [-0.39, 0.29) is 0 Å². The molecule has 1 heteroatoms.